The normalized spacial score (nSPS) is 11.6. The Bertz CT molecular complexity index is 2220. The third-order valence-electron chi connectivity index (χ3n) is 8.37. The van der Waals surface area contributed by atoms with E-state index >= 15 is 0 Å². The highest BCUT2D eigenvalue weighted by Gasteiger charge is 2.24. The Morgan fingerprint density at radius 3 is 2.02 bits per heavy atom. The van der Waals surface area contributed by atoms with Crippen LogP contribution in [0.2, 0.25) is 0 Å². The second-order valence-electron chi connectivity index (χ2n) is 12.8. The Kier molecular flexibility index (Phi) is 9.33. The van der Waals surface area contributed by atoms with Crippen LogP contribution in [0, 0.1) is 0 Å². The summed E-state index contributed by atoms with van der Waals surface area (Å²) in [6.45, 7) is 6.48. The topological polar surface area (TPSA) is 95.6 Å². The van der Waals surface area contributed by atoms with Crippen molar-refractivity contribution in [2.24, 2.45) is 0 Å². The Morgan fingerprint density at radius 1 is 0.673 bits per heavy atom. The number of carbonyl (C=O) groups excluding carboxylic acids is 2. The maximum Gasteiger partial charge on any atom is 0.326 e. The summed E-state index contributed by atoms with van der Waals surface area (Å²) in [5.41, 5.74) is 4.58. The van der Waals surface area contributed by atoms with Crippen LogP contribution >= 0.6 is 0 Å². The van der Waals surface area contributed by atoms with Crippen molar-refractivity contribution in [3.63, 3.8) is 0 Å². The number of amides is 3. The lowest BCUT2D eigenvalue weighted by atomic mass is 9.87. The van der Waals surface area contributed by atoms with Gasteiger partial charge in [-0.15, -0.1) is 0 Å². The van der Waals surface area contributed by atoms with Crippen LogP contribution in [0.25, 0.3) is 21.9 Å². The lowest BCUT2D eigenvalue weighted by Gasteiger charge is -2.24. The van der Waals surface area contributed by atoms with Crippen molar-refractivity contribution >= 4 is 44.1 Å². The van der Waals surface area contributed by atoms with Crippen LogP contribution in [0.4, 0.5) is 16.2 Å². The Balaban J connectivity index is 1.23. The number of urea groups is 1. The summed E-state index contributed by atoms with van der Waals surface area (Å²) in [6, 6.07) is 43.7. The number of rotatable bonds is 8. The number of fused-ring (bicyclic) bond motifs is 1. The molecule has 0 aliphatic carbocycles. The standard InChI is InChI=1S/C41H37N3O4S/c1-41(2,3)33-26-24-32(25-27-33)39(45)43-49(47,48)38-19-10-9-17-36(38)31-22-20-29(21-23-31)28-44(34-14-5-4-6-15-34)40(46)42-37-18-11-13-30-12-7-8-16-35(30)37/h4-27H,28H2,1-3H3,(H,42,46)(H,43,45). The molecule has 0 aliphatic rings. The Morgan fingerprint density at radius 2 is 1.31 bits per heavy atom. The molecular formula is C41H37N3O4S. The van der Waals surface area contributed by atoms with Gasteiger partial charge in [0, 0.05) is 22.2 Å². The zero-order chi connectivity index (χ0) is 34.6. The highest BCUT2D eigenvalue weighted by Crippen LogP contribution is 2.30. The van der Waals surface area contributed by atoms with Crippen molar-refractivity contribution in [2.75, 3.05) is 10.2 Å². The third kappa shape index (κ3) is 7.55. The number of benzene rings is 6. The van der Waals surface area contributed by atoms with E-state index in [1.54, 1.807) is 35.2 Å². The molecule has 49 heavy (non-hydrogen) atoms. The van der Waals surface area contributed by atoms with Gasteiger partial charge in [-0.25, -0.2) is 17.9 Å². The van der Waals surface area contributed by atoms with Gasteiger partial charge in [-0.3, -0.25) is 9.69 Å². The predicted molar refractivity (Wildman–Crippen MR) is 197 cm³/mol. The van der Waals surface area contributed by atoms with E-state index < -0.39 is 15.9 Å². The molecule has 6 aromatic carbocycles. The minimum atomic E-state index is -4.21. The van der Waals surface area contributed by atoms with Gasteiger partial charge in [0.05, 0.1) is 17.1 Å². The van der Waals surface area contributed by atoms with Crippen LogP contribution in [-0.2, 0) is 22.0 Å². The zero-order valence-electron chi connectivity index (χ0n) is 27.6. The zero-order valence-corrected chi connectivity index (χ0v) is 28.4. The molecule has 0 saturated heterocycles. The fourth-order valence-electron chi connectivity index (χ4n) is 5.67. The molecule has 0 saturated carbocycles. The number of carbonyl (C=O) groups is 2. The minimum Gasteiger partial charge on any atom is -0.307 e. The summed E-state index contributed by atoms with van der Waals surface area (Å²) >= 11 is 0. The van der Waals surface area contributed by atoms with Crippen LogP contribution < -0.4 is 14.9 Å². The minimum absolute atomic E-state index is 0.0113. The predicted octanol–water partition coefficient (Wildman–Crippen LogP) is 9.16. The van der Waals surface area contributed by atoms with Crippen molar-refractivity contribution in [2.45, 2.75) is 37.6 Å². The molecule has 2 N–H and O–H groups in total. The Hall–Kier alpha value is -5.73. The first-order valence-electron chi connectivity index (χ1n) is 16.0. The first-order valence-corrected chi connectivity index (χ1v) is 17.5. The molecule has 0 fully saturated rings. The van der Waals surface area contributed by atoms with Crippen molar-refractivity contribution < 1.29 is 18.0 Å². The van der Waals surface area contributed by atoms with E-state index in [1.807, 2.05) is 109 Å². The van der Waals surface area contributed by atoms with Gasteiger partial charge in [-0.05, 0) is 63.9 Å². The van der Waals surface area contributed by atoms with E-state index in [2.05, 4.69) is 30.8 Å². The maximum atomic E-state index is 13.8. The van der Waals surface area contributed by atoms with Crippen LogP contribution in [0.15, 0.2) is 150 Å². The average Bonchev–Trinajstić information content (AvgIpc) is 3.11. The molecule has 7 nitrogen and oxygen atoms in total. The van der Waals surface area contributed by atoms with E-state index in [0.717, 1.165) is 27.6 Å². The number of sulfonamides is 1. The van der Waals surface area contributed by atoms with Gasteiger partial charge in [0.15, 0.2) is 0 Å². The number of nitrogens with zero attached hydrogens (tertiary/aromatic N) is 1. The molecule has 6 rings (SSSR count). The SMILES string of the molecule is CC(C)(C)c1ccc(C(=O)NS(=O)(=O)c2ccccc2-c2ccc(CN(C(=O)Nc3cccc4ccccc34)c3ccccc3)cc2)cc1. The lowest BCUT2D eigenvalue weighted by molar-refractivity contribution is 0.0981. The van der Waals surface area contributed by atoms with Crippen LogP contribution in [-0.4, -0.2) is 20.4 Å². The van der Waals surface area contributed by atoms with E-state index in [0.29, 0.717) is 16.8 Å². The summed E-state index contributed by atoms with van der Waals surface area (Å²) in [5, 5.41) is 5.06. The molecule has 8 heteroatoms. The lowest BCUT2D eigenvalue weighted by Crippen LogP contribution is -2.34. The molecule has 0 heterocycles. The van der Waals surface area contributed by atoms with E-state index in [-0.39, 0.29) is 28.4 Å². The van der Waals surface area contributed by atoms with Crippen molar-refractivity contribution in [3.05, 3.63) is 162 Å². The van der Waals surface area contributed by atoms with Crippen molar-refractivity contribution in [1.29, 1.82) is 0 Å². The highest BCUT2D eigenvalue weighted by atomic mass is 32.2. The monoisotopic (exact) mass is 667 g/mol. The van der Waals surface area contributed by atoms with E-state index in [9.17, 15) is 18.0 Å². The second kappa shape index (κ2) is 13.8. The van der Waals surface area contributed by atoms with Crippen LogP contribution in [0.5, 0.6) is 0 Å². The Labute approximate surface area is 287 Å². The largest absolute Gasteiger partial charge is 0.326 e. The first-order chi connectivity index (χ1) is 23.5. The van der Waals surface area contributed by atoms with Crippen LogP contribution in [0.1, 0.15) is 42.3 Å². The quantitative estimate of drug-likeness (QED) is 0.169. The maximum absolute atomic E-state index is 13.8. The summed E-state index contributed by atoms with van der Waals surface area (Å²) in [4.78, 5) is 28.4. The number of hydrogen-bond donors (Lipinski definition) is 2. The molecule has 0 unspecified atom stereocenters. The fourth-order valence-corrected chi connectivity index (χ4v) is 6.88. The molecule has 246 valence electrons. The highest BCUT2D eigenvalue weighted by molar-refractivity contribution is 7.90. The van der Waals surface area contributed by atoms with Gasteiger partial charge >= 0.3 is 6.03 Å². The summed E-state index contributed by atoms with van der Waals surface area (Å²) in [5.74, 6) is -0.701. The fraction of sp³-hybridized carbons (Fsp3) is 0.122. The van der Waals surface area contributed by atoms with Gasteiger partial charge in [0.1, 0.15) is 0 Å². The number of hydrogen-bond acceptors (Lipinski definition) is 4. The first kappa shape index (κ1) is 33.2. The smallest absolute Gasteiger partial charge is 0.307 e. The molecular weight excluding hydrogens is 631 g/mol. The third-order valence-corrected chi connectivity index (χ3v) is 9.76. The van der Waals surface area contributed by atoms with E-state index in [1.165, 1.54) is 6.07 Å². The molecule has 0 aliphatic heterocycles. The average molecular weight is 668 g/mol. The van der Waals surface area contributed by atoms with E-state index in [4.69, 9.17) is 0 Å². The van der Waals surface area contributed by atoms with Gasteiger partial charge in [0.2, 0.25) is 0 Å². The molecule has 6 aromatic rings. The van der Waals surface area contributed by atoms with Gasteiger partial charge in [-0.2, -0.15) is 0 Å². The molecule has 0 radical (unpaired) electrons. The molecule has 0 atom stereocenters. The molecule has 0 spiro atoms. The summed E-state index contributed by atoms with van der Waals surface area (Å²) in [6.07, 6.45) is 0. The number of nitrogens with one attached hydrogen (secondary N) is 2. The second-order valence-corrected chi connectivity index (χ2v) is 14.5. The number of anilines is 2. The summed E-state index contributed by atoms with van der Waals surface area (Å²) < 4.78 is 29.3. The van der Waals surface area contributed by atoms with Crippen molar-refractivity contribution in [3.8, 4) is 11.1 Å². The van der Waals surface area contributed by atoms with Crippen molar-refractivity contribution in [1.82, 2.24) is 4.72 Å². The van der Waals surface area contributed by atoms with Gasteiger partial charge < -0.3 is 5.32 Å². The van der Waals surface area contributed by atoms with Gasteiger partial charge in [-0.1, -0.05) is 130 Å². The van der Waals surface area contributed by atoms with Gasteiger partial charge in [0.25, 0.3) is 15.9 Å². The van der Waals surface area contributed by atoms with Crippen LogP contribution in [0.3, 0.4) is 0 Å². The summed E-state index contributed by atoms with van der Waals surface area (Å²) in [7, 11) is -4.21. The molecule has 0 bridgehead atoms. The molecule has 0 aromatic heterocycles. The molecule has 3 amide bonds. The number of para-hydroxylation sites is 1.